The van der Waals surface area contributed by atoms with Crippen LogP contribution in [0.25, 0.3) is 10.2 Å². The summed E-state index contributed by atoms with van der Waals surface area (Å²) >= 11 is 1.44. The van der Waals surface area contributed by atoms with E-state index in [0.29, 0.717) is 24.5 Å². The number of amides is 2. The average Bonchev–Trinajstić information content (AvgIpc) is 2.98. The minimum Gasteiger partial charge on any atom is -0.352 e. The van der Waals surface area contributed by atoms with Gasteiger partial charge in [-0.3, -0.25) is 9.59 Å². The molecule has 5 nitrogen and oxygen atoms in total. The van der Waals surface area contributed by atoms with Crippen LogP contribution in [0.2, 0.25) is 0 Å². The van der Waals surface area contributed by atoms with Crippen LogP contribution in [-0.4, -0.2) is 16.8 Å². The number of thiazole rings is 1. The van der Waals surface area contributed by atoms with Gasteiger partial charge in [-0.1, -0.05) is 47.2 Å². The van der Waals surface area contributed by atoms with E-state index in [1.807, 2.05) is 43.3 Å². The highest BCUT2D eigenvalue weighted by atomic mass is 32.1. The van der Waals surface area contributed by atoms with Crippen LogP contribution in [0.4, 0.5) is 5.13 Å². The number of carbonyl (C=O) groups is 2. The second-order valence-electron chi connectivity index (χ2n) is 6.27. The summed E-state index contributed by atoms with van der Waals surface area (Å²) in [4.78, 5) is 27.6. The molecule has 0 aliphatic carbocycles. The molecule has 0 saturated heterocycles. The molecule has 2 amide bonds. The van der Waals surface area contributed by atoms with Crippen LogP contribution in [0.5, 0.6) is 0 Å². The molecule has 0 saturated carbocycles. The minimum atomic E-state index is -0.130. The SMILES string of the molecule is CC(=O)Nc1nc2ccc(CCC(=O)NCc3cccc(C)c3)cc2s1. The van der Waals surface area contributed by atoms with E-state index in [-0.39, 0.29) is 11.8 Å². The van der Waals surface area contributed by atoms with Crippen molar-refractivity contribution < 1.29 is 9.59 Å². The summed E-state index contributed by atoms with van der Waals surface area (Å²) in [5.41, 5.74) is 4.23. The second kappa shape index (κ2) is 8.10. The molecule has 26 heavy (non-hydrogen) atoms. The third-order valence-corrected chi connectivity index (χ3v) is 4.88. The van der Waals surface area contributed by atoms with E-state index in [1.54, 1.807) is 0 Å². The van der Waals surface area contributed by atoms with E-state index in [9.17, 15) is 9.59 Å². The number of hydrogen-bond donors (Lipinski definition) is 2. The normalized spacial score (nSPS) is 10.7. The summed E-state index contributed by atoms with van der Waals surface area (Å²) < 4.78 is 1.01. The molecule has 1 heterocycles. The van der Waals surface area contributed by atoms with Gasteiger partial charge in [-0.05, 0) is 36.6 Å². The van der Waals surface area contributed by atoms with Gasteiger partial charge in [-0.15, -0.1) is 0 Å². The molecule has 2 aromatic carbocycles. The first-order valence-electron chi connectivity index (χ1n) is 8.49. The van der Waals surface area contributed by atoms with E-state index in [0.717, 1.165) is 21.3 Å². The summed E-state index contributed by atoms with van der Waals surface area (Å²) in [5, 5.41) is 6.27. The topological polar surface area (TPSA) is 71.1 Å². The molecule has 3 rings (SSSR count). The maximum Gasteiger partial charge on any atom is 0.223 e. The van der Waals surface area contributed by atoms with Gasteiger partial charge in [0.25, 0.3) is 0 Å². The number of nitrogens with zero attached hydrogens (tertiary/aromatic N) is 1. The fourth-order valence-corrected chi connectivity index (χ4v) is 3.67. The van der Waals surface area contributed by atoms with Gasteiger partial charge in [0, 0.05) is 19.9 Å². The van der Waals surface area contributed by atoms with Gasteiger partial charge in [-0.25, -0.2) is 4.98 Å². The standard InChI is InChI=1S/C20H21N3O2S/c1-13-4-3-5-16(10-13)12-21-19(25)9-7-15-6-8-17-18(11-15)26-20(23-17)22-14(2)24/h3-6,8,10-11H,7,9,12H2,1-2H3,(H,21,25)(H,22,23,24). The minimum absolute atomic E-state index is 0.0369. The summed E-state index contributed by atoms with van der Waals surface area (Å²) in [7, 11) is 0. The Morgan fingerprint density at radius 1 is 1.12 bits per heavy atom. The number of benzene rings is 2. The van der Waals surface area contributed by atoms with Crippen LogP contribution < -0.4 is 10.6 Å². The monoisotopic (exact) mass is 367 g/mol. The fraction of sp³-hybridized carbons (Fsp3) is 0.250. The molecule has 0 bridgehead atoms. The Morgan fingerprint density at radius 2 is 1.96 bits per heavy atom. The molecule has 3 aromatic rings. The molecule has 1 aromatic heterocycles. The fourth-order valence-electron chi connectivity index (χ4n) is 2.70. The summed E-state index contributed by atoms with van der Waals surface area (Å²) in [6, 6.07) is 14.1. The van der Waals surface area contributed by atoms with Crippen LogP contribution in [0, 0.1) is 6.92 Å². The third-order valence-electron chi connectivity index (χ3n) is 3.95. The Labute approximate surface area is 156 Å². The van der Waals surface area contributed by atoms with E-state index in [1.165, 1.54) is 23.8 Å². The Morgan fingerprint density at radius 3 is 2.73 bits per heavy atom. The first-order valence-corrected chi connectivity index (χ1v) is 9.30. The highest BCUT2D eigenvalue weighted by molar-refractivity contribution is 7.22. The molecule has 0 unspecified atom stereocenters. The molecule has 2 N–H and O–H groups in total. The van der Waals surface area contributed by atoms with Crippen LogP contribution in [0.1, 0.15) is 30.0 Å². The highest BCUT2D eigenvalue weighted by Gasteiger charge is 2.07. The summed E-state index contributed by atoms with van der Waals surface area (Å²) in [6.45, 7) is 4.06. The van der Waals surface area contributed by atoms with Gasteiger partial charge in [0.1, 0.15) is 0 Å². The number of carbonyl (C=O) groups excluding carboxylic acids is 2. The van der Waals surface area contributed by atoms with Gasteiger partial charge in [0.15, 0.2) is 5.13 Å². The van der Waals surface area contributed by atoms with Crippen molar-refractivity contribution in [2.24, 2.45) is 0 Å². The van der Waals surface area contributed by atoms with Crippen LogP contribution in [0.15, 0.2) is 42.5 Å². The number of aryl methyl sites for hydroxylation is 2. The van der Waals surface area contributed by atoms with Crippen LogP contribution in [-0.2, 0) is 22.6 Å². The van der Waals surface area contributed by atoms with E-state index < -0.39 is 0 Å². The van der Waals surface area contributed by atoms with Crippen LogP contribution in [0.3, 0.4) is 0 Å². The predicted molar refractivity (Wildman–Crippen MR) is 105 cm³/mol. The zero-order valence-corrected chi connectivity index (χ0v) is 15.7. The number of rotatable bonds is 6. The Kier molecular flexibility index (Phi) is 5.63. The molecule has 6 heteroatoms. The lowest BCUT2D eigenvalue weighted by molar-refractivity contribution is -0.121. The van der Waals surface area contributed by atoms with Crippen molar-refractivity contribution in [1.29, 1.82) is 0 Å². The van der Waals surface area contributed by atoms with Crippen molar-refractivity contribution in [3.8, 4) is 0 Å². The van der Waals surface area contributed by atoms with Gasteiger partial charge < -0.3 is 10.6 Å². The first kappa shape index (κ1) is 18.1. The molecule has 0 fully saturated rings. The lowest BCUT2D eigenvalue weighted by Gasteiger charge is -2.06. The van der Waals surface area contributed by atoms with Gasteiger partial charge in [0.2, 0.25) is 11.8 Å². The van der Waals surface area contributed by atoms with Crippen molar-refractivity contribution in [3.05, 3.63) is 59.2 Å². The average molecular weight is 367 g/mol. The molecular weight excluding hydrogens is 346 g/mol. The maximum atomic E-state index is 12.1. The lowest BCUT2D eigenvalue weighted by atomic mass is 10.1. The predicted octanol–water partition coefficient (Wildman–Crippen LogP) is 3.81. The zero-order chi connectivity index (χ0) is 18.5. The smallest absolute Gasteiger partial charge is 0.223 e. The largest absolute Gasteiger partial charge is 0.352 e. The number of nitrogens with one attached hydrogen (secondary N) is 2. The number of fused-ring (bicyclic) bond motifs is 1. The quantitative estimate of drug-likeness (QED) is 0.696. The van der Waals surface area contributed by atoms with Gasteiger partial charge in [0.05, 0.1) is 10.2 Å². The van der Waals surface area contributed by atoms with Crippen LogP contribution >= 0.6 is 11.3 Å². The third kappa shape index (κ3) is 4.89. The molecular formula is C20H21N3O2S. The van der Waals surface area contributed by atoms with Crippen molar-refractivity contribution in [2.75, 3.05) is 5.32 Å². The molecule has 0 radical (unpaired) electrons. The molecule has 0 aliphatic rings. The molecule has 0 atom stereocenters. The Hall–Kier alpha value is -2.73. The summed E-state index contributed by atoms with van der Waals surface area (Å²) in [6.07, 6.45) is 1.11. The second-order valence-corrected chi connectivity index (χ2v) is 7.30. The van der Waals surface area contributed by atoms with Crippen molar-refractivity contribution >= 4 is 38.5 Å². The Balaban J connectivity index is 1.55. The van der Waals surface area contributed by atoms with E-state index in [4.69, 9.17) is 0 Å². The number of anilines is 1. The maximum absolute atomic E-state index is 12.1. The molecule has 0 spiro atoms. The number of aromatic nitrogens is 1. The van der Waals surface area contributed by atoms with Crippen molar-refractivity contribution in [3.63, 3.8) is 0 Å². The van der Waals surface area contributed by atoms with Gasteiger partial charge in [-0.2, -0.15) is 0 Å². The first-order chi connectivity index (χ1) is 12.5. The van der Waals surface area contributed by atoms with E-state index in [2.05, 4.69) is 21.7 Å². The Bertz CT molecular complexity index is 949. The molecule has 134 valence electrons. The number of hydrogen-bond acceptors (Lipinski definition) is 4. The van der Waals surface area contributed by atoms with Crippen molar-refractivity contribution in [2.45, 2.75) is 33.2 Å². The molecule has 0 aliphatic heterocycles. The zero-order valence-electron chi connectivity index (χ0n) is 14.8. The van der Waals surface area contributed by atoms with Crippen molar-refractivity contribution in [1.82, 2.24) is 10.3 Å². The highest BCUT2D eigenvalue weighted by Crippen LogP contribution is 2.27. The van der Waals surface area contributed by atoms with E-state index >= 15 is 0 Å². The lowest BCUT2D eigenvalue weighted by Crippen LogP contribution is -2.23. The summed E-state index contributed by atoms with van der Waals surface area (Å²) in [5.74, 6) is -0.0931. The van der Waals surface area contributed by atoms with Gasteiger partial charge >= 0.3 is 0 Å².